The van der Waals surface area contributed by atoms with E-state index in [0.29, 0.717) is 16.7 Å². The summed E-state index contributed by atoms with van der Waals surface area (Å²) >= 11 is 7.29. The van der Waals surface area contributed by atoms with Crippen molar-refractivity contribution in [1.29, 1.82) is 0 Å². The predicted octanol–water partition coefficient (Wildman–Crippen LogP) is 3.32. The summed E-state index contributed by atoms with van der Waals surface area (Å²) < 4.78 is 2.00. The topological polar surface area (TPSA) is 59.8 Å². The molecule has 3 rings (SSSR count). The van der Waals surface area contributed by atoms with Crippen LogP contribution in [0.1, 0.15) is 43.1 Å². The van der Waals surface area contributed by atoms with Gasteiger partial charge in [-0.3, -0.25) is 4.79 Å². The molecule has 0 bridgehead atoms. The first-order chi connectivity index (χ1) is 11.0. The van der Waals surface area contributed by atoms with Gasteiger partial charge in [-0.2, -0.15) is 0 Å². The second-order valence-electron chi connectivity index (χ2n) is 5.80. The lowest BCUT2D eigenvalue weighted by atomic mass is 10.1. The molecule has 0 radical (unpaired) electrons. The number of rotatable bonds is 6. The van der Waals surface area contributed by atoms with Crippen LogP contribution in [-0.4, -0.2) is 26.4 Å². The molecule has 1 fully saturated rings. The maximum absolute atomic E-state index is 12.1. The molecule has 0 aliphatic heterocycles. The molecule has 1 saturated carbocycles. The van der Waals surface area contributed by atoms with Gasteiger partial charge in [0.2, 0.25) is 5.91 Å². The van der Waals surface area contributed by atoms with Crippen molar-refractivity contribution >= 4 is 29.3 Å². The van der Waals surface area contributed by atoms with Gasteiger partial charge in [-0.15, -0.1) is 10.2 Å². The smallest absolute Gasteiger partial charge is 0.230 e. The lowest BCUT2D eigenvalue weighted by Gasteiger charge is -2.14. The Morgan fingerprint density at radius 1 is 1.39 bits per heavy atom. The molecule has 1 aromatic heterocycles. The number of carbonyl (C=O) groups is 1. The Kier molecular flexibility index (Phi) is 4.92. The summed E-state index contributed by atoms with van der Waals surface area (Å²) in [6, 6.07) is 7.44. The Morgan fingerprint density at radius 2 is 2.09 bits per heavy atom. The molecular formula is C16H19ClN4OS. The number of carbonyl (C=O) groups excluding carboxylic acids is 1. The first-order valence-electron chi connectivity index (χ1n) is 7.61. The molecule has 1 aliphatic carbocycles. The maximum atomic E-state index is 12.1. The van der Waals surface area contributed by atoms with Crippen molar-refractivity contribution in [2.75, 3.05) is 5.75 Å². The first-order valence-corrected chi connectivity index (χ1v) is 8.98. The van der Waals surface area contributed by atoms with Crippen molar-refractivity contribution in [1.82, 2.24) is 20.1 Å². The SMILES string of the molecule is C[C@@H](NC(=O)CSc1nnc(C2CC2)n1C)c1ccc(Cl)cc1. The summed E-state index contributed by atoms with van der Waals surface area (Å²) in [4.78, 5) is 12.1. The zero-order valence-electron chi connectivity index (χ0n) is 13.1. The van der Waals surface area contributed by atoms with Gasteiger partial charge in [0.25, 0.3) is 0 Å². The van der Waals surface area contributed by atoms with Gasteiger partial charge in [-0.1, -0.05) is 35.5 Å². The van der Waals surface area contributed by atoms with E-state index in [-0.39, 0.29) is 11.9 Å². The molecule has 122 valence electrons. The number of halogens is 1. The van der Waals surface area contributed by atoms with Gasteiger partial charge in [-0.25, -0.2) is 0 Å². The Balaban J connectivity index is 1.52. The van der Waals surface area contributed by atoms with E-state index >= 15 is 0 Å². The van der Waals surface area contributed by atoms with Crippen LogP contribution in [-0.2, 0) is 11.8 Å². The van der Waals surface area contributed by atoms with E-state index in [2.05, 4.69) is 15.5 Å². The average Bonchev–Trinajstić information content (AvgIpc) is 3.30. The fourth-order valence-corrected chi connectivity index (χ4v) is 3.25. The molecular weight excluding hydrogens is 332 g/mol. The molecule has 1 atom stereocenters. The fourth-order valence-electron chi connectivity index (χ4n) is 2.40. The van der Waals surface area contributed by atoms with Crippen LogP contribution in [0.3, 0.4) is 0 Å². The quantitative estimate of drug-likeness (QED) is 0.812. The van der Waals surface area contributed by atoms with Gasteiger partial charge in [-0.05, 0) is 37.5 Å². The van der Waals surface area contributed by atoms with E-state index in [1.54, 1.807) is 0 Å². The minimum Gasteiger partial charge on any atom is -0.349 e. The Labute approximate surface area is 144 Å². The molecule has 0 saturated heterocycles. The zero-order valence-corrected chi connectivity index (χ0v) is 14.7. The van der Waals surface area contributed by atoms with E-state index in [1.165, 1.54) is 24.6 Å². The van der Waals surface area contributed by atoms with Crippen molar-refractivity contribution in [3.8, 4) is 0 Å². The van der Waals surface area contributed by atoms with Crippen molar-refractivity contribution < 1.29 is 4.79 Å². The Hall–Kier alpha value is -1.53. The summed E-state index contributed by atoms with van der Waals surface area (Å²) in [5.41, 5.74) is 1.03. The van der Waals surface area contributed by atoms with Crippen LogP contribution in [0.25, 0.3) is 0 Å². The van der Waals surface area contributed by atoms with Crippen LogP contribution in [0.15, 0.2) is 29.4 Å². The summed E-state index contributed by atoms with van der Waals surface area (Å²) in [5.74, 6) is 1.89. The van der Waals surface area contributed by atoms with Crippen molar-refractivity contribution in [3.05, 3.63) is 40.7 Å². The number of amides is 1. The fraction of sp³-hybridized carbons (Fsp3) is 0.438. The second kappa shape index (κ2) is 6.93. The number of nitrogens with one attached hydrogen (secondary N) is 1. The molecule has 1 amide bonds. The monoisotopic (exact) mass is 350 g/mol. The van der Waals surface area contributed by atoms with E-state index in [1.807, 2.05) is 42.8 Å². The highest BCUT2D eigenvalue weighted by atomic mass is 35.5. The zero-order chi connectivity index (χ0) is 16.4. The lowest BCUT2D eigenvalue weighted by molar-refractivity contribution is -0.119. The normalized spacial score (nSPS) is 15.4. The summed E-state index contributed by atoms with van der Waals surface area (Å²) in [5, 5.41) is 12.9. The third-order valence-electron chi connectivity index (χ3n) is 3.89. The summed E-state index contributed by atoms with van der Waals surface area (Å²) in [7, 11) is 1.96. The molecule has 0 unspecified atom stereocenters. The van der Waals surface area contributed by atoms with Gasteiger partial charge < -0.3 is 9.88 Å². The van der Waals surface area contributed by atoms with Crippen molar-refractivity contribution in [3.63, 3.8) is 0 Å². The molecule has 5 nitrogen and oxygen atoms in total. The van der Waals surface area contributed by atoms with Crippen LogP contribution in [0.4, 0.5) is 0 Å². The molecule has 1 aromatic carbocycles. The van der Waals surface area contributed by atoms with Crippen molar-refractivity contribution in [2.24, 2.45) is 7.05 Å². The molecule has 1 heterocycles. The van der Waals surface area contributed by atoms with Gasteiger partial charge in [0.1, 0.15) is 5.82 Å². The molecule has 0 spiro atoms. The van der Waals surface area contributed by atoms with E-state index < -0.39 is 0 Å². The molecule has 1 aliphatic rings. The molecule has 7 heteroatoms. The Morgan fingerprint density at radius 3 is 2.74 bits per heavy atom. The highest BCUT2D eigenvalue weighted by Gasteiger charge is 2.29. The minimum atomic E-state index is -0.0538. The number of nitrogens with zero attached hydrogens (tertiary/aromatic N) is 3. The van der Waals surface area contributed by atoms with Crippen LogP contribution >= 0.6 is 23.4 Å². The molecule has 23 heavy (non-hydrogen) atoms. The standard InChI is InChI=1S/C16H19ClN4OS/c1-10(11-5-7-13(17)8-6-11)18-14(22)9-23-16-20-19-15(21(16)2)12-3-4-12/h5-8,10,12H,3-4,9H2,1-2H3,(H,18,22)/t10-/m1/s1. The number of hydrogen-bond donors (Lipinski definition) is 1. The van der Waals surface area contributed by atoms with E-state index in [0.717, 1.165) is 16.5 Å². The van der Waals surface area contributed by atoms with Gasteiger partial charge >= 0.3 is 0 Å². The second-order valence-corrected chi connectivity index (χ2v) is 7.18. The third-order valence-corrected chi connectivity index (χ3v) is 5.16. The van der Waals surface area contributed by atoms with Crippen LogP contribution in [0.5, 0.6) is 0 Å². The van der Waals surface area contributed by atoms with Crippen molar-refractivity contribution in [2.45, 2.75) is 36.9 Å². The largest absolute Gasteiger partial charge is 0.349 e. The average molecular weight is 351 g/mol. The Bertz CT molecular complexity index is 697. The number of thioether (sulfide) groups is 1. The van der Waals surface area contributed by atoms with Crippen LogP contribution in [0.2, 0.25) is 5.02 Å². The summed E-state index contributed by atoms with van der Waals surface area (Å²) in [6.45, 7) is 1.96. The van der Waals surface area contributed by atoms with Gasteiger partial charge in [0, 0.05) is 18.0 Å². The highest BCUT2D eigenvalue weighted by Crippen LogP contribution is 2.39. The molecule has 1 N–H and O–H groups in total. The van der Waals surface area contributed by atoms with E-state index in [4.69, 9.17) is 11.6 Å². The number of hydrogen-bond acceptors (Lipinski definition) is 4. The third kappa shape index (κ3) is 4.06. The maximum Gasteiger partial charge on any atom is 0.230 e. The predicted molar refractivity (Wildman–Crippen MR) is 91.7 cm³/mol. The number of benzene rings is 1. The van der Waals surface area contributed by atoms with Gasteiger partial charge in [0.05, 0.1) is 11.8 Å². The first kappa shape index (κ1) is 16.3. The van der Waals surface area contributed by atoms with Gasteiger partial charge in [0.15, 0.2) is 5.16 Å². The molecule has 2 aromatic rings. The van der Waals surface area contributed by atoms with E-state index in [9.17, 15) is 4.79 Å². The van der Waals surface area contributed by atoms with Crippen LogP contribution in [0, 0.1) is 0 Å². The number of aromatic nitrogens is 3. The lowest BCUT2D eigenvalue weighted by Crippen LogP contribution is -2.28. The van der Waals surface area contributed by atoms with Crippen LogP contribution < -0.4 is 5.32 Å². The minimum absolute atomic E-state index is 0.0200. The highest BCUT2D eigenvalue weighted by molar-refractivity contribution is 7.99. The summed E-state index contributed by atoms with van der Waals surface area (Å²) in [6.07, 6.45) is 2.38.